The first-order valence-electron chi connectivity index (χ1n) is 9.06. The molecule has 154 valence electrons. The monoisotopic (exact) mass is 467 g/mol. The molecule has 29 heavy (non-hydrogen) atoms. The molecule has 0 spiro atoms. The number of amides is 1. The first-order valence-corrected chi connectivity index (χ1v) is 9.85. The smallest absolute Gasteiger partial charge is 0.333 e. The molecular weight excluding hydrogens is 448 g/mol. The molecule has 5 nitrogen and oxygen atoms in total. The summed E-state index contributed by atoms with van der Waals surface area (Å²) < 4.78 is 35.3. The maximum Gasteiger partial charge on any atom is 0.333 e. The lowest BCUT2D eigenvalue weighted by molar-refractivity contribution is -0.145. The van der Waals surface area contributed by atoms with Crippen LogP contribution in [-0.2, 0) is 20.7 Å². The van der Waals surface area contributed by atoms with Crippen molar-refractivity contribution in [2.45, 2.75) is 31.2 Å². The molecule has 1 aliphatic rings. The van der Waals surface area contributed by atoms with Gasteiger partial charge in [0.25, 0.3) is 6.43 Å². The Hall–Kier alpha value is -2.48. The Bertz CT molecular complexity index is 889. The van der Waals surface area contributed by atoms with Crippen molar-refractivity contribution in [2.75, 3.05) is 13.7 Å². The number of carbonyl (C=O) groups excluding carboxylic acids is 2. The minimum atomic E-state index is -2.58. The van der Waals surface area contributed by atoms with Gasteiger partial charge in [-0.15, -0.1) is 0 Å². The Kier molecular flexibility index (Phi) is 6.84. The third kappa shape index (κ3) is 5.12. The van der Waals surface area contributed by atoms with Gasteiger partial charge in [0.05, 0.1) is 13.0 Å². The molecule has 1 amide bonds. The van der Waals surface area contributed by atoms with E-state index in [1.165, 1.54) is 19.2 Å². The van der Waals surface area contributed by atoms with E-state index in [2.05, 4.69) is 21.2 Å². The first kappa shape index (κ1) is 21.2. The lowest BCUT2D eigenvalue weighted by atomic mass is 9.99. The molecule has 8 heteroatoms. The molecule has 1 aliphatic carbocycles. The maximum absolute atomic E-state index is 12.9. The number of fused-ring (bicyclic) bond motifs is 1. The molecule has 0 saturated carbocycles. The quantitative estimate of drug-likeness (QED) is 0.621. The first-order chi connectivity index (χ1) is 13.9. The molecule has 1 N–H and O–H groups in total. The minimum absolute atomic E-state index is 0.249. The Labute approximate surface area is 175 Å². The molecule has 0 saturated heterocycles. The summed E-state index contributed by atoms with van der Waals surface area (Å²) in [5, 5.41) is 2.77. The largest absolute Gasteiger partial charge is 0.488 e. The number of hydrogen-bond donors (Lipinski definition) is 1. The number of hydrogen-bond acceptors (Lipinski definition) is 4. The molecule has 0 fully saturated rings. The lowest BCUT2D eigenvalue weighted by Crippen LogP contribution is -2.37. The summed E-state index contributed by atoms with van der Waals surface area (Å²) >= 11 is 3.43. The normalized spacial score (nSPS) is 16.2. The van der Waals surface area contributed by atoms with E-state index >= 15 is 0 Å². The van der Waals surface area contributed by atoms with Gasteiger partial charge in [0.1, 0.15) is 12.4 Å². The SMILES string of the molecule is COC(=O)C(NC(=O)C1CCc2cc(Br)ccc21)c1ccc(OCC(F)F)cc1. The molecule has 3 rings (SSSR count). The van der Waals surface area contributed by atoms with Crippen LogP contribution in [0.25, 0.3) is 0 Å². The van der Waals surface area contributed by atoms with Gasteiger partial charge in [0.15, 0.2) is 6.04 Å². The molecule has 0 aromatic heterocycles. The van der Waals surface area contributed by atoms with Gasteiger partial charge in [-0.1, -0.05) is 34.1 Å². The third-order valence-corrected chi connectivity index (χ3v) is 5.31. The fourth-order valence-electron chi connectivity index (χ4n) is 3.41. The second kappa shape index (κ2) is 9.35. The van der Waals surface area contributed by atoms with Gasteiger partial charge in [-0.25, -0.2) is 13.6 Å². The highest BCUT2D eigenvalue weighted by molar-refractivity contribution is 9.10. The topological polar surface area (TPSA) is 64.6 Å². The van der Waals surface area contributed by atoms with Crippen LogP contribution in [0.1, 0.15) is 35.1 Å². The van der Waals surface area contributed by atoms with Crippen LogP contribution in [-0.4, -0.2) is 32.0 Å². The molecule has 0 heterocycles. The third-order valence-electron chi connectivity index (χ3n) is 4.81. The van der Waals surface area contributed by atoms with Crippen LogP contribution in [0.5, 0.6) is 5.75 Å². The Morgan fingerprint density at radius 3 is 2.59 bits per heavy atom. The van der Waals surface area contributed by atoms with E-state index in [0.717, 1.165) is 22.0 Å². The number of aryl methyl sites for hydroxylation is 1. The summed E-state index contributed by atoms with van der Waals surface area (Å²) in [5.74, 6) is -0.980. The van der Waals surface area contributed by atoms with E-state index in [1.807, 2.05) is 18.2 Å². The number of benzene rings is 2. The molecule has 2 atom stereocenters. The number of ether oxygens (including phenoxy) is 2. The van der Waals surface area contributed by atoms with E-state index in [-0.39, 0.29) is 17.6 Å². The van der Waals surface area contributed by atoms with E-state index in [4.69, 9.17) is 9.47 Å². The van der Waals surface area contributed by atoms with Crippen molar-refractivity contribution in [1.29, 1.82) is 0 Å². The van der Waals surface area contributed by atoms with Crippen LogP contribution in [0.15, 0.2) is 46.9 Å². The van der Waals surface area contributed by atoms with E-state index in [1.54, 1.807) is 12.1 Å². The number of methoxy groups -OCH3 is 1. The summed E-state index contributed by atoms with van der Waals surface area (Å²) in [7, 11) is 1.24. The number of esters is 1. The molecule has 2 unspecified atom stereocenters. The zero-order valence-corrected chi connectivity index (χ0v) is 17.2. The Morgan fingerprint density at radius 1 is 1.21 bits per heavy atom. The molecule has 2 aromatic carbocycles. The van der Waals surface area contributed by atoms with Crippen molar-refractivity contribution in [1.82, 2.24) is 5.32 Å². The van der Waals surface area contributed by atoms with E-state index < -0.39 is 25.0 Å². The molecular formula is C21H20BrF2NO4. The zero-order valence-electron chi connectivity index (χ0n) is 15.7. The highest BCUT2D eigenvalue weighted by Gasteiger charge is 2.32. The minimum Gasteiger partial charge on any atom is -0.488 e. The fourth-order valence-corrected chi connectivity index (χ4v) is 3.82. The van der Waals surface area contributed by atoms with Crippen LogP contribution in [0.2, 0.25) is 0 Å². The lowest BCUT2D eigenvalue weighted by Gasteiger charge is -2.20. The summed E-state index contributed by atoms with van der Waals surface area (Å²) in [6.07, 6.45) is -1.13. The Balaban J connectivity index is 1.75. The second-order valence-electron chi connectivity index (χ2n) is 6.67. The van der Waals surface area contributed by atoms with Crippen LogP contribution in [0, 0.1) is 0 Å². The summed E-state index contributed by atoms with van der Waals surface area (Å²) in [5.41, 5.74) is 2.53. The highest BCUT2D eigenvalue weighted by Crippen LogP contribution is 2.35. The fraction of sp³-hybridized carbons (Fsp3) is 0.333. The van der Waals surface area contributed by atoms with Crippen LogP contribution < -0.4 is 10.1 Å². The number of alkyl halides is 2. The molecule has 0 radical (unpaired) electrons. The predicted molar refractivity (Wildman–Crippen MR) is 106 cm³/mol. The summed E-state index contributed by atoms with van der Waals surface area (Å²) in [6.45, 7) is -0.715. The van der Waals surface area contributed by atoms with E-state index in [0.29, 0.717) is 12.0 Å². The zero-order chi connectivity index (χ0) is 21.0. The highest BCUT2D eigenvalue weighted by atomic mass is 79.9. The number of carbonyl (C=O) groups is 2. The van der Waals surface area contributed by atoms with Crippen LogP contribution in [0.4, 0.5) is 8.78 Å². The summed E-state index contributed by atoms with van der Waals surface area (Å²) in [4.78, 5) is 25.2. The van der Waals surface area contributed by atoms with Crippen molar-refractivity contribution < 1.29 is 27.8 Å². The van der Waals surface area contributed by atoms with Crippen molar-refractivity contribution in [3.8, 4) is 5.75 Å². The number of nitrogens with one attached hydrogen (secondary N) is 1. The van der Waals surface area contributed by atoms with E-state index in [9.17, 15) is 18.4 Å². The Morgan fingerprint density at radius 2 is 1.93 bits per heavy atom. The number of rotatable bonds is 7. The van der Waals surface area contributed by atoms with Crippen LogP contribution >= 0.6 is 15.9 Å². The van der Waals surface area contributed by atoms with Crippen molar-refractivity contribution >= 4 is 27.8 Å². The van der Waals surface area contributed by atoms with Gasteiger partial charge in [0, 0.05) is 4.47 Å². The second-order valence-corrected chi connectivity index (χ2v) is 7.59. The van der Waals surface area contributed by atoms with Crippen molar-refractivity contribution in [2.24, 2.45) is 0 Å². The predicted octanol–water partition coefficient (Wildman–Crippen LogP) is 4.15. The van der Waals surface area contributed by atoms with Gasteiger partial charge < -0.3 is 14.8 Å². The van der Waals surface area contributed by atoms with Crippen molar-refractivity contribution in [3.05, 3.63) is 63.6 Å². The molecule has 2 aromatic rings. The van der Waals surface area contributed by atoms with Gasteiger partial charge in [-0.3, -0.25) is 4.79 Å². The van der Waals surface area contributed by atoms with Gasteiger partial charge >= 0.3 is 5.97 Å². The average molecular weight is 468 g/mol. The van der Waals surface area contributed by atoms with Crippen LogP contribution in [0.3, 0.4) is 0 Å². The van der Waals surface area contributed by atoms with Gasteiger partial charge in [-0.05, 0) is 53.8 Å². The standard InChI is InChI=1S/C21H20BrF2NO4/c1-28-21(27)19(12-2-6-15(7-3-12)29-11-18(23)24)25-20(26)17-8-4-13-10-14(22)5-9-16(13)17/h2-3,5-7,9-10,17-19H,4,8,11H2,1H3,(H,25,26). The number of halogens is 3. The average Bonchev–Trinajstić information content (AvgIpc) is 3.13. The molecule has 0 bridgehead atoms. The summed E-state index contributed by atoms with van der Waals surface area (Å²) in [6, 6.07) is 10.8. The maximum atomic E-state index is 12.9. The van der Waals surface area contributed by atoms with Gasteiger partial charge in [0.2, 0.25) is 5.91 Å². The van der Waals surface area contributed by atoms with Crippen molar-refractivity contribution in [3.63, 3.8) is 0 Å². The molecule has 0 aliphatic heterocycles. The van der Waals surface area contributed by atoms with Gasteiger partial charge in [-0.2, -0.15) is 0 Å².